The lowest BCUT2D eigenvalue weighted by molar-refractivity contribution is -0.144. The number of carbonyl (C=O) groups is 1. The Morgan fingerprint density at radius 3 is 3.04 bits per heavy atom. The van der Waals surface area contributed by atoms with Crippen LogP contribution in [-0.2, 0) is 14.3 Å². The fraction of sp³-hybridized carbons (Fsp3) is 0.571. The SMILES string of the molecule is C=C1C[C@@]23COC(=O)C2=CCC[C@@H]3[C@@]2(C)C[C@H](c3ccoc3)OC[C@H]12. The minimum atomic E-state index is -0.171. The third-order valence-electron chi connectivity index (χ3n) is 7.32. The number of fused-ring (bicyclic) bond motifs is 2. The van der Waals surface area contributed by atoms with Crippen molar-refractivity contribution in [3.63, 3.8) is 0 Å². The normalized spacial score (nSPS) is 42.9. The molecule has 0 radical (unpaired) electrons. The minimum Gasteiger partial charge on any atom is -0.472 e. The van der Waals surface area contributed by atoms with E-state index in [4.69, 9.17) is 13.9 Å². The third kappa shape index (κ3) is 1.95. The lowest BCUT2D eigenvalue weighted by Gasteiger charge is -2.60. The third-order valence-corrected chi connectivity index (χ3v) is 7.32. The van der Waals surface area contributed by atoms with Crippen LogP contribution in [0, 0.1) is 22.7 Å². The van der Waals surface area contributed by atoms with Crippen LogP contribution in [0.4, 0.5) is 0 Å². The second-order valence-electron chi connectivity index (χ2n) is 8.46. The van der Waals surface area contributed by atoms with Gasteiger partial charge < -0.3 is 13.9 Å². The van der Waals surface area contributed by atoms with Crippen molar-refractivity contribution in [2.75, 3.05) is 13.2 Å². The second-order valence-corrected chi connectivity index (χ2v) is 8.46. The zero-order valence-electron chi connectivity index (χ0n) is 14.6. The molecule has 2 saturated heterocycles. The van der Waals surface area contributed by atoms with Gasteiger partial charge >= 0.3 is 5.97 Å². The molecule has 0 aromatic carbocycles. The summed E-state index contributed by atoms with van der Waals surface area (Å²) in [6, 6.07) is 2.00. The highest BCUT2D eigenvalue weighted by Gasteiger charge is 2.64. The van der Waals surface area contributed by atoms with Gasteiger partial charge in [0.1, 0.15) is 6.61 Å². The van der Waals surface area contributed by atoms with Crippen LogP contribution in [0.3, 0.4) is 0 Å². The summed E-state index contributed by atoms with van der Waals surface area (Å²) in [5.41, 5.74) is 3.13. The van der Waals surface area contributed by atoms with E-state index in [-0.39, 0.29) is 22.9 Å². The van der Waals surface area contributed by atoms with E-state index < -0.39 is 0 Å². The number of allylic oxidation sites excluding steroid dienone is 1. The van der Waals surface area contributed by atoms with E-state index in [1.807, 2.05) is 6.07 Å². The number of furan rings is 1. The number of carbonyl (C=O) groups excluding carboxylic acids is 1. The van der Waals surface area contributed by atoms with Crippen molar-refractivity contribution in [3.05, 3.63) is 48.0 Å². The van der Waals surface area contributed by atoms with Gasteiger partial charge in [-0.2, -0.15) is 0 Å². The van der Waals surface area contributed by atoms with Crippen molar-refractivity contribution >= 4 is 5.97 Å². The molecule has 0 bridgehead atoms. The minimum absolute atomic E-state index is 0.0512. The van der Waals surface area contributed by atoms with E-state index in [0.29, 0.717) is 25.0 Å². The van der Waals surface area contributed by atoms with Crippen LogP contribution < -0.4 is 0 Å². The molecule has 25 heavy (non-hydrogen) atoms. The fourth-order valence-corrected chi connectivity index (χ4v) is 6.20. The van der Waals surface area contributed by atoms with E-state index >= 15 is 0 Å². The first-order valence-electron chi connectivity index (χ1n) is 9.24. The van der Waals surface area contributed by atoms with E-state index in [9.17, 15) is 4.79 Å². The Bertz CT molecular complexity index is 761. The molecule has 4 nitrogen and oxygen atoms in total. The van der Waals surface area contributed by atoms with Crippen LogP contribution in [0.1, 0.15) is 44.3 Å². The Balaban J connectivity index is 1.57. The van der Waals surface area contributed by atoms with Gasteiger partial charge in [-0.15, -0.1) is 0 Å². The van der Waals surface area contributed by atoms with Crippen LogP contribution in [-0.4, -0.2) is 19.2 Å². The Morgan fingerprint density at radius 2 is 2.24 bits per heavy atom. The molecule has 2 aliphatic heterocycles. The molecule has 0 N–H and O–H groups in total. The summed E-state index contributed by atoms with van der Waals surface area (Å²) in [6.07, 6.45) is 9.53. The smallest absolute Gasteiger partial charge is 0.334 e. The molecule has 0 unspecified atom stereocenters. The molecule has 0 amide bonds. The highest BCUT2D eigenvalue weighted by atomic mass is 16.5. The van der Waals surface area contributed by atoms with E-state index in [2.05, 4.69) is 19.6 Å². The first-order valence-corrected chi connectivity index (χ1v) is 9.24. The number of hydrogen-bond acceptors (Lipinski definition) is 4. The summed E-state index contributed by atoms with van der Waals surface area (Å²) in [6.45, 7) is 8.01. The molecule has 5 rings (SSSR count). The first-order chi connectivity index (χ1) is 12.0. The predicted octanol–water partition coefficient (Wildman–Crippen LogP) is 4.20. The van der Waals surface area contributed by atoms with Crippen molar-refractivity contribution < 1.29 is 18.7 Å². The van der Waals surface area contributed by atoms with Crippen LogP contribution in [0.2, 0.25) is 0 Å². The van der Waals surface area contributed by atoms with Gasteiger partial charge in [0.2, 0.25) is 0 Å². The van der Waals surface area contributed by atoms with Gasteiger partial charge in [-0.05, 0) is 43.1 Å². The maximum atomic E-state index is 12.3. The molecule has 3 fully saturated rings. The number of esters is 1. The van der Waals surface area contributed by atoms with Crippen LogP contribution in [0.5, 0.6) is 0 Å². The molecule has 3 heterocycles. The summed E-state index contributed by atoms with van der Waals surface area (Å²) < 4.78 is 17.0. The lowest BCUT2D eigenvalue weighted by atomic mass is 9.45. The van der Waals surface area contributed by atoms with Crippen molar-refractivity contribution in [2.45, 2.75) is 38.7 Å². The van der Waals surface area contributed by atoms with E-state index in [1.54, 1.807) is 12.5 Å². The lowest BCUT2D eigenvalue weighted by Crippen LogP contribution is -2.56. The summed E-state index contributed by atoms with van der Waals surface area (Å²) in [5, 5.41) is 0. The number of rotatable bonds is 1. The van der Waals surface area contributed by atoms with Crippen LogP contribution in [0.15, 0.2) is 46.8 Å². The Labute approximate surface area is 147 Å². The average Bonchev–Trinajstić information content (AvgIpc) is 3.23. The Kier molecular flexibility index (Phi) is 3.15. The number of cyclic esters (lactones) is 1. The highest BCUT2D eigenvalue weighted by Crippen LogP contribution is 2.67. The predicted molar refractivity (Wildman–Crippen MR) is 91.6 cm³/mol. The Hall–Kier alpha value is -1.81. The molecule has 4 heteroatoms. The van der Waals surface area contributed by atoms with Gasteiger partial charge in [0.05, 0.1) is 25.2 Å². The summed E-state index contributed by atoms with van der Waals surface area (Å²) in [4.78, 5) is 12.3. The molecule has 4 aliphatic rings. The molecule has 5 atom stereocenters. The zero-order valence-corrected chi connectivity index (χ0v) is 14.6. The van der Waals surface area contributed by atoms with Crippen molar-refractivity contribution in [1.82, 2.24) is 0 Å². The monoisotopic (exact) mass is 340 g/mol. The number of hydrogen-bond donors (Lipinski definition) is 0. The summed E-state index contributed by atoms with van der Waals surface area (Å²) >= 11 is 0. The van der Waals surface area contributed by atoms with Crippen molar-refractivity contribution in [3.8, 4) is 0 Å². The van der Waals surface area contributed by atoms with E-state index in [0.717, 1.165) is 36.8 Å². The second kappa shape index (κ2) is 5.10. The molecule has 132 valence electrons. The van der Waals surface area contributed by atoms with Crippen molar-refractivity contribution in [2.24, 2.45) is 22.7 Å². The summed E-state index contributed by atoms with van der Waals surface area (Å²) in [7, 11) is 0. The zero-order chi connectivity index (χ0) is 17.2. The quantitative estimate of drug-likeness (QED) is 0.568. The average molecular weight is 340 g/mol. The molecule has 1 aromatic rings. The Morgan fingerprint density at radius 1 is 1.36 bits per heavy atom. The van der Waals surface area contributed by atoms with Gasteiger partial charge in [0, 0.05) is 22.5 Å². The molecule has 2 aliphatic carbocycles. The highest BCUT2D eigenvalue weighted by molar-refractivity contribution is 5.92. The van der Waals surface area contributed by atoms with Crippen molar-refractivity contribution in [1.29, 1.82) is 0 Å². The van der Waals surface area contributed by atoms with Gasteiger partial charge in [-0.25, -0.2) is 4.79 Å². The first kappa shape index (κ1) is 15.4. The van der Waals surface area contributed by atoms with Crippen LogP contribution >= 0.6 is 0 Å². The molecular formula is C21H24O4. The molecule has 1 aromatic heterocycles. The number of ether oxygens (including phenoxy) is 2. The van der Waals surface area contributed by atoms with Crippen LogP contribution in [0.25, 0.3) is 0 Å². The van der Waals surface area contributed by atoms with Gasteiger partial charge in [0.15, 0.2) is 0 Å². The van der Waals surface area contributed by atoms with Gasteiger partial charge in [-0.3, -0.25) is 0 Å². The molecule has 1 spiro atoms. The standard InChI is InChI=1S/C21H24O4/c1-13-8-21-12-25-19(22)15(21)4-3-5-18(21)20(2)9-17(24-11-16(13)20)14-6-7-23-10-14/h4,6-7,10,16-18H,1,3,5,8-9,11-12H2,2H3/t16-,17-,18-,20+,21-/m1/s1. The van der Waals surface area contributed by atoms with E-state index in [1.165, 1.54) is 5.57 Å². The fourth-order valence-electron chi connectivity index (χ4n) is 6.20. The topological polar surface area (TPSA) is 48.7 Å². The largest absolute Gasteiger partial charge is 0.472 e. The molecular weight excluding hydrogens is 316 g/mol. The maximum Gasteiger partial charge on any atom is 0.334 e. The molecule has 1 saturated carbocycles. The maximum absolute atomic E-state index is 12.3. The summed E-state index contributed by atoms with van der Waals surface area (Å²) in [5.74, 6) is 0.666. The van der Waals surface area contributed by atoms with Gasteiger partial charge in [0.25, 0.3) is 0 Å². The van der Waals surface area contributed by atoms with Gasteiger partial charge in [-0.1, -0.05) is 25.2 Å².